The number of anilines is 2. The molecule has 0 aliphatic heterocycles. The Morgan fingerprint density at radius 3 is 2.43 bits per heavy atom. The first kappa shape index (κ1) is 15.2. The number of pyridine rings is 1. The zero-order valence-electron chi connectivity index (χ0n) is 13.1. The maximum absolute atomic E-state index is 6.34. The van der Waals surface area contributed by atoms with E-state index < -0.39 is 0 Å². The Labute approximate surface area is 136 Å². The van der Waals surface area contributed by atoms with Gasteiger partial charge in [0.15, 0.2) is 0 Å². The van der Waals surface area contributed by atoms with Crippen LogP contribution in [0, 0.1) is 16.7 Å². The predicted octanol–water partition coefficient (Wildman–Crippen LogP) is 5.06. The van der Waals surface area contributed by atoms with Gasteiger partial charge in [0.05, 0.1) is 10.0 Å². The Hall–Kier alpha value is -0.670. The van der Waals surface area contributed by atoms with Crippen LogP contribution in [0.15, 0.2) is 6.07 Å². The fourth-order valence-corrected chi connectivity index (χ4v) is 5.05. The van der Waals surface area contributed by atoms with Crippen molar-refractivity contribution in [3.8, 4) is 0 Å². The Morgan fingerprint density at radius 2 is 1.86 bits per heavy atom. The zero-order valence-corrected chi connectivity index (χ0v) is 14.6. The SMILES string of the molecule is CNc1nc(NC2C3(C)CCC(C3)C2(C)C)c(Cl)cc1Cl. The van der Waals surface area contributed by atoms with Crippen LogP contribution < -0.4 is 10.6 Å². The van der Waals surface area contributed by atoms with Crippen LogP contribution in [-0.2, 0) is 0 Å². The minimum absolute atomic E-state index is 0.261. The molecule has 1 heterocycles. The highest BCUT2D eigenvalue weighted by molar-refractivity contribution is 6.37. The van der Waals surface area contributed by atoms with E-state index >= 15 is 0 Å². The van der Waals surface area contributed by atoms with Gasteiger partial charge in [-0.3, -0.25) is 0 Å². The lowest BCUT2D eigenvalue weighted by Gasteiger charge is -2.43. The summed E-state index contributed by atoms with van der Waals surface area (Å²) in [6, 6.07) is 2.15. The van der Waals surface area contributed by atoms with Crippen molar-refractivity contribution in [1.29, 1.82) is 0 Å². The first-order valence-electron chi connectivity index (χ1n) is 7.58. The van der Waals surface area contributed by atoms with E-state index in [4.69, 9.17) is 23.2 Å². The molecule has 1 aromatic heterocycles. The number of nitrogens with one attached hydrogen (secondary N) is 2. The van der Waals surface area contributed by atoms with Gasteiger partial charge in [-0.15, -0.1) is 0 Å². The summed E-state index contributed by atoms with van der Waals surface area (Å²) in [5, 5.41) is 7.77. The fraction of sp³-hybridized carbons (Fsp3) is 0.688. The molecular formula is C16H23Cl2N3. The zero-order chi connectivity index (χ0) is 15.4. The van der Waals surface area contributed by atoms with Crippen LogP contribution in [0.5, 0.6) is 0 Å². The second-order valence-corrected chi connectivity index (χ2v) is 8.21. The molecule has 116 valence electrons. The third-order valence-electron chi connectivity index (χ3n) is 5.72. The van der Waals surface area contributed by atoms with Crippen LogP contribution in [0.2, 0.25) is 10.0 Å². The van der Waals surface area contributed by atoms with E-state index in [1.807, 2.05) is 7.05 Å². The van der Waals surface area contributed by atoms with Gasteiger partial charge < -0.3 is 10.6 Å². The molecule has 3 atom stereocenters. The molecule has 2 aliphatic rings. The van der Waals surface area contributed by atoms with Gasteiger partial charge in [-0.1, -0.05) is 44.0 Å². The van der Waals surface area contributed by atoms with Crippen molar-refractivity contribution < 1.29 is 0 Å². The van der Waals surface area contributed by atoms with E-state index in [0.29, 0.717) is 27.3 Å². The molecule has 2 N–H and O–H groups in total. The average molecular weight is 328 g/mol. The van der Waals surface area contributed by atoms with E-state index in [1.54, 1.807) is 6.07 Å². The van der Waals surface area contributed by atoms with Gasteiger partial charge in [0.25, 0.3) is 0 Å². The largest absolute Gasteiger partial charge is 0.372 e. The van der Waals surface area contributed by atoms with Gasteiger partial charge >= 0.3 is 0 Å². The molecular weight excluding hydrogens is 305 g/mol. The molecule has 2 bridgehead atoms. The van der Waals surface area contributed by atoms with E-state index in [9.17, 15) is 0 Å². The Kier molecular flexibility index (Phi) is 3.57. The van der Waals surface area contributed by atoms with Crippen LogP contribution in [0.1, 0.15) is 40.0 Å². The molecule has 3 rings (SSSR count). The summed E-state index contributed by atoms with van der Waals surface area (Å²) in [7, 11) is 1.81. The number of hydrogen-bond acceptors (Lipinski definition) is 3. The number of nitrogens with zero attached hydrogens (tertiary/aromatic N) is 1. The summed E-state index contributed by atoms with van der Waals surface area (Å²) in [6.45, 7) is 7.12. The molecule has 0 saturated heterocycles. The highest BCUT2D eigenvalue weighted by atomic mass is 35.5. The lowest BCUT2D eigenvalue weighted by molar-refractivity contribution is 0.155. The van der Waals surface area contributed by atoms with Gasteiger partial charge in [0, 0.05) is 13.1 Å². The normalized spacial score (nSPS) is 33.2. The number of halogens is 2. The van der Waals surface area contributed by atoms with Crippen LogP contribution >= 0.6 is 23.2 Å². The van der Waals surface area contributed by atoms with Crippen molar-refractivity contribution in [3.05, 3.63) is 16.1 Å². The lowest BCUT2D eigenvalue weighted by Crippen LogP contribution is -2.46. The molecule has 21 heavy (non-hydrogen) atoms. The Bertz CT molecular complexity index is 568. The van der Waals surface area contributed by atoms with Crippen LogP contribution in [0.4, 0.5) is 11.6 Å². The minimum atomic E-state index is 0.261. The minimum Gasteiger partial charge on any atom is -0.372 e. The number of hydrogen-bond donors (Lipinski definition) is 2. The summed E-state index contributed by atoms with van der Waals surface area (Å²) in [5.74, 6) is 2.18. The maximum atomic E-state index is 6.34. The molecule has 2 saturated carbocycles. The summed E-state index contributed by atoms with van der Waals surface area (Å²) in [6.07, 6.45) is 3.91. The van der Waals surface area contributed by atoms with Crippen LogP contribution in [-0.4, -0.2) is 18.1 Å². The molecule has 2 aliphatic carbocycles. The number of fused-ring (bicyclic) bond motifs is 2. The van der Waals surface area contributed by atoms with Gasteiger partial charge in [-0.2, -0.15) is 0 Å². The van der Waals surface area contributed by atoms with Gasteiger partial charge in [0.1, 0.15) is 11.6 Å². The van der Waals surface area contributed by atoms with Crippen molar-refractivity contribution in [2.24, 2.45) is 16.7 Å². The standard InChI is InChI=1S/C16H23Cl2N3/c1-15(2)9-5-6-16(3,8-9)14(15)21-13-11(18)7-10(17)12(19-4)20-13/h7,9,14H,5-6,8H2,1-4H3,(H2,19,20,21). The van der Waals surface area contributed by atoms with E-state index in [1.165, 1.54) is 19.3 Å². The average Bonchev–Trinajstić information content (AvgIpc) is 2.88. The monoisotopic (exact) mass is 327 g/mol. The van der Waals surface area contributed by atoms with E-state index in [2.05, 4.69) is 36.4 Å². The van der Waals surface area contributed by atoms with Crippen LogP contribution in [0.3, 0.4) is 0 Å². The Morgan fingerprint density at radius 1 is 1.19 bits per heavy atom. The fourth-order valence-electron chi connectivity index (χ4n) is 4.54. The van der Waals surface area contributed by atoms with Crippen molar-refractivity contribution in [1.82, 2.24) is 4.98 Å². The Balaban J connectivity index is 1.93. The molecule has 3 unspecified atom stereocenters. The summed E-state index contributed by atoms with van der Waals surface area (Å²) >= 11 is 12.5. The highest BCUT2D eigenvalue weighted by Crippen LogP contribution is 2.63. The number of rotatable bonds is 3. The maximum Gasteiger partial charge on any atom is 0.147 e. The lowest BCUT2D eigenvalue weighted by atomic mass is 9.68. The molecule has 0 amide bonds. The van der Waals surface area contributed by atoms with E-state index in [0.717, 1.165) is 11.7 Å². The summed E-state index contributed by atoms with van der Waals surface area (Å²) < 4.78 is 0. The van der Waals surface area contributed by atoms with Crippen LogP contribution in [0.25, 0.3) is 0 Å². The first-order chi connectivity index (χ1) is 9.78. The number of aromatic nitrogens is 1. The third-order valence-corrected chi connectivity index (χ3v) is 6.29. The summed E-state index contributed by atoms with van der Waals surface area (Å²) in [4.78, 5) is 4.55. The van der Waals surface area contributed by atoms with Crippen molar-refractivity contribution in [3.63, 3.8) is 0 Å². The predicted molar refractivity (Wildman–Crippen MR) is 90.4 cm³/mol. The molecule has 0 spiro atoms. The van der Waals surface area contributed by atoms with Gasteiger partial charge in [-0.25, -0.2) is 4.98 Å². The van der Waals surface area contributed by atoms with Crippen molar-refractivity contribution in [2.75, 3.05) is 17.7 Å². The van der Waals surface area contributed by atoms with Crippen molar-refractivity contribution in [2.45, 2.75) is 46.1 Å². The molecule has 5 heteroatoms. The molecule has 0 aromatic carbocycles. The molecule has 1 aromatic rings. The first-order valence-corrected chi connectivity index (χ1v) is 8.34. The quantitative estimate of drug-likeness (QED) is 0.814. The van der Waals surface area contributed by atoms with Gasteiger partial charge in [0.2, 0.25) is 0 Å². The second-order valence-electron chi connectivity index (χ2n) is 7.39. The van der Waals surface area contributed by atoms with Crippen molar-refractivity contribution >= 4 is 34.8 Å². The third kappa shape index (κ3) is 2.29. The topological polar surface area (TPSA) is 37.0 Å². The summed E-state index contributed by atoms with van der Waals surface area (Å²) in [5.41, 5.74) is 0.593. The smallest absolute Gasteiger partial charge is 0.147 e. The van der Waals surface area contributed by atoms with Gasteiger partial charge in [-0.05, 0) is 42.1 Å². The highest BCUT2D eigenvalue weighted by Gasteiger charge is 2.59. The molecule has 2 fully saturated rings. The second kappa shape index (κ2) is 4.92. The molecule has 3 nitrogen and oxygen atoms in total. The molecule has 0 radical (unpaired) electrons. The van der Waals surface area contributed by atoms with E-state index in [-0.39, 0.29) is 5.41 Å².